The molecule has 17 heavy (non-hydrogen) atoms. The Hall–Kier alpha value is -1.72. The van der Waals surface area contributed by atoms with E-state index in [1.807, 2.05) is 11.6 Å². The van der Waals surface area contributed by atoms with Crippen molar-refractivity contribution in [2.75, 3.05) is 25.4 Å². The van der Waals surface area contributed by atoms with Crippen molar-refractivity contribution in [3.63, 3.8) is 0 Å². The molecular weight excluding hydrogens is 220 g/mol. The van der Waals surface area contributed by atoms with Crippen LogP contribution < -0.4 is 5.73 Å². The Morgan fingerprint density at radius 1 is 1.59 bits per heavy atom. The van der Waals surface area contributed by atoms with E-state index in [0.29, 0.717) is 25.5 Å². The minimum atomic E-state index is -0.223. The zero-order valence-corrected chi connectivity index (χ0v) is 10.0. The van der Waals surface area contributed by atoms with E-state index >= 15 is 0 Å². The largest absolute Gasteiger partial charge is 0.450 e. The van der Waals surface area contributed by atoms with E-state index < -0.39 is 0 Å². The molecule has 1 aliphatic rings. The molecule has 0 spiro atoms. The number of rotatable bonds is 2. The van der Waals surface area contributed by atoms with Crippen molar-refractivity contribution >= 4 is 11.9 Å². The Bertz CT molecular complexity index is 383. The number of likely N-dealkylation sites (tertiary alicyclic amines) is 1. The molecule has 0 saturated carbocycles. The quantitative estimate of drug-likeness (QED) is 0.841. The number of carbonyl (C=O) groups excluding carboxylic acids is 1. The highest BCUT2D eigenvalue weighted by Crippen LogP contribution is 2.24. The molecule has 1 fully saturated rings. The van der Waals surface area contributed by atoms with Crippen LogP contribution in [0.4, 0.5) is 10.6 Å². The highest BCUT2D eigenvalue weighted by atomic mass is 16.6. The second kappa shape index (κ2) is 5.07. The Kier molecular flexibility index (Phi) is 3.51. The van der Waals surface area contributed by atoms with E-state index in [1.54, 1.807) is 17.2 Å². The average Bonchev–Trinajstić information content (AvgIpc) is 2.76. The van der Waals surface area contributed by atoms with Crippen LogP contribution in [-0.4, -0.2) is 40.5 Å². The van der Waals surface area contributed by atoms with Crippen LogP contribution in [0.2, 0.25) is 0 Å². The van der Waals surface area contributed by atoms with Crippen molar-refractivity contribution in [3.8, 4) is 0 Å². The zero-order chi connectivity index (χ0) is 12.3. The second-order valence-electron chi connectivity index (χ2n) is 4.12. The lowest BCUT2D eigenvalue weighted by molar-refractivity contribution is 0.0918. The summed E-state index contributed by atoms with van der Waals surface area (Å²) >= 11 is 0. The van der Waals surface area contributed by atoms with E-state index in [2.05, 4.69) is 5.10 Å². The number of amides is 1. The van der Waals surface area contributed by atoms with E-state index in [4.69, 9.17) is 10.5 Å². The van der Waals surface area contributed by atoms with Crippen LogP contribution in [0.3, 0.4) is 0 Å². The molecule has 0 unspecified atom stereocenters. The van der Waals surface area contributed by atoms with Crippen LogP contribution in [0.5, 0.6) is 0 Å². The summed E-state index contributed by atoms with van der Waals surface area (Å²) < 4.78 is 6.81. The smallest absolute Gasteiger partial charge is 0.409 e. The summed E-state index contributed by atoms with van der Waals surface area (Å²) in [7, 11) is 0. The fourth-order valence-electron chi connectivity index (χ4n) is 2.14. The Labute approximate surface area is 100 Å². The molecule has 0 aliphatic carbocycles. The first kappa shape index (κ1) is 11.8. The van der Waals surface area contributed by atoms with Crippen LogP contribution in [0, 0.1) is 0 Å². The predicted molar refractivity (Wildman–Crippen MR) is 63.5 cm³/mol. The Morgan fingerprint density at radius 2 is 2.29 bits per heavy atom. The first-order chi connectivity index (χ1) is 8.22. The SMILES string of the molecule is CCOC(=O)N1CCC(n2nccc2N)CC1. The van der Waals surface area contributed by atoms with Gasteiger partial charge in [-0.15, -0.1) is 0 Å². The molecule has 1 aliphatic heterocycles. The molecule has 2 rings (SSSR count). The van der Waals surface area contributed by atoms with Gasteiger partial charge in [-0.2, -0.15) is 5.10 Å². The van der Waals surface area contributed by atoms with Gasteiger partial charge >= 0.3 is 6.09 Å². The fraction of sp³-hybridized carbons (Fsp3) is 0.636. The van der Waals surface area contributed by atoms with Crippen LogP contribution in [0.1, 0.15) is 25.8 Å². The van der Waals surface area contributed by atoms with Gasteiger partial charge in [0, 0.05) is 13.1 Å². The highest BCUT2D eigenvalue weighted by Gasteiger charge is 2.25. The van der Waals surface area contributed by atoms with Gasteiger partial charge in [0.2, 0.25) is 0 Å². The van der Waals surface area contributed by atoms with Gasteiger partial charge in [-0.05, 0) is 25.8 Å². The molecule has 1 saturated heterocycles. The molecule has 2 N–H and O–H groups in total. The fourth-order valence-corrected chi connectivity index (χ4v) is 2.14. The summed E-state index contributed by atoms with van der Waals surface area (Å²) in [5.74, 6) is 0.680. The van der Waals surface area contributed by atoms with E-state index in [9.17, 15) is 4.79 Å². The first-order valence-corrected chi connectivity index (χ1v) is 5.93. The second-order valence-corrected chi connectivity index (χ2v) is 4.12. The van der Waals surface area contributed by atoms with Crippen molar-refractivity contribution in [3.05, 3.63) is 12.3 Å². The van der Waals surface area contributed by atoms with Gasteiger partial charge in [0.1, 0.15) is 5.82 Å². The minimum absolute atomic E-state index is 0.223. The molecule has 1 aromatic rings. The molecule has 0 atom stereocenters. The van der Waals surface area contributed by atoms with Gasteiger partial charge < -0.3 is 15.4 Å². The number of anilines is 1. The summed E-state index contributed by atoms with van der Waals surface area (Å²) in [4.78, 5) is 13.3. The van der Waals surface area contributed by atoms with E-state index in [-0.39, 0.29) is 12.1 Å². The zero-order valence-electron chi connectivity index (χ0n) is 10.0. The lowest BCUT2D eigenvalue weighted by atomic mass is 10.1. The predicted octanol–water partition coefficient (Wildman–Crippen LogP) is 1.26. The van der Waals surface area contributed by atoms with E-state index in [1.165, 1.54) is 0 Å². The van der Waals surface area contributed by atoms with Gasteiger partial charge in [0.05, 0.1) is 18.8 Å². The van der Waals surface area contributed by atoms with Crippen LogP contribution in [-0.2, 0) is 4.74 Å². The molecule has 2 heterocycles. The molecule has 0 bridgehead atoms. The average molecular weight is 238 g/mol. The van der Waals surface area contributed by atoms with Crippen molar-refractivity contribution < 1.29 is 9.53 Å². The number of carbonyl (C=O) groups is 1. The highest BCUT2D eigenvalue weighted by molar-refractivity contribution is 5.67. The normalized spacial score (nSPS) is 17.1. The maximum absolute atomic E-state index is 11.5. The molecule has 94 valence electrons. The van der Waals surface area contributed by atoms with Crippen LogP contribution in [0.25, 0.3) is 0 Å². The summed E-state index contributed by atoms with van der Waals surface area (Å²) in [5.41, 5.74) is 5.81. The summed E-state index contributed by atoms with van der Waals surface area (Å²) in [6.45, 7) is 3.63. The molecule has 6 nitrogen and oxygen atoms in total. The van der Waals surface area contributed by atoms with Gasteiger partial charge in [0.25, 0.3) is 0 Å². The lowest BCUT2D eigenvalue weighted by Gasteiger charge is -2.31. The molecule has 1 amide bonds. The number of hydrogen-bond acceptors (Lipinski definition) is 4. The minimum Gasteiger partial charge on any atom is -0.450 e. The number of nitrogen functional groups attached to an aromatic ring is 1. The van der Waals surface area contributed by atoms with Crippen LogP contribution >= 0.6 is 0 Å². The van der Waals surface area contributed by atoms with Crippen LogP contribution in [0.15, 0.2) is 12.3 Å². The van der Waals surface area contributed by atoms with Gasteiger partial charge in [-0.25, -0.2) is 9.48 Å². The van der Waals surface area contributed by atoms with Crippen molar-refractivity contribution in [2.45, 2.75) is 25.8 Å². The van der Waals surface area contributed by atoms with Crippen molar-refractivity contribution in [2.24, 2.45) is 0 Å². The summed E-state index contributed by atoms with van der Waals surface area (Å²) in [6.07, 6.45) is 3.21. The molecular formula is C11H18N4O2. The molecule has 0 radical (unpaired) electrons. The Morgan fingerprint density at radius 3 is 2.82 bits per heavy atom. The van der Waals surface area contributed by atoms with Gasteiger partial charge in [-0.3, -0.25) is 0 Å². The topological polar surface area (TPSA) is 73.4 Å². The number of nitrogens with zero attached hydrogens (tertiary/aromatic N) is 3. The Balaban J connectivity index is 1.90. The summed E-state index contributed by atoms with van der Waals surface area (Å²) in [5, 5.41) is 4.20. The summed E-state index contributed by atoms with van der Waals surface area (Å²) in [6, 6.07) is 2.08. The van der Waals surface area contributed by atoms with Crippen molar-refractivity contribution in [1.29, 1.82) is 0 Å². The maximum Gasteiger partial charge on any atom is 0.409 e. The maximum atomic E-state index is 11.5. The lowest BCUT2D eigenvalue weighted by Crippen LogP contribution is -2.39. The van der Waals surface area contributed by atoms with Gasteiger partial charge in [0.15, 0.2) is 0 Å². The molecule has 1 aromatic heterocycles. The number of hydrogen-bond donors (Lipinski definition) is 1. The van der Waals surface area contributed by atoms with Gasteiger partial charge in [-0.1, -0.05) is 0 Å². The number of aromatic nitrogens is 2. The third-order valence-electron chi connectivity index (χ3n) is 3.04. The third kappa shape index (κ3) is 2.51. The van der Waals surface area contributed by atoms with Crippen molar-refractivity contribution in [1.82, 2.24) is 14.7 Å². The first-order valence-electron chi connectivity index (χ1n) is 5.93. The number of ether oxygens (including phenoxy) is 1. The number of piperidine rings is 1. The standard InChI is InChI=1S/C11H18N4O2/c1-2-17-11(16)14-7-4-9(5-8-14)15-10(12)3-6-13-15/h3,6,9H,2,4-5,7-8,12H2,1H3. The number of nitrogens with two attached hydrogens (primary N) is 1. The monoisotopic (exact) mass is 238 g/mol. The molecule has 0 aromatic carbocycles. The van der Waals surface area contributed by atoms with E-state index in [0.717, 1.165) is 12.8 Å². The third-order valence-corrected chi connectivity index (χ3v) is 3.04. The molecule has 6 heteroatoms.